The van der Waals surface area contributed by atoms with Crippen LogP contribution in [0.15, 0.2) is 46.6 Å². The molecule has 0 saturated carbocycles. The fourth-order valence-electron chi connectivity index (χ4n) is 1.50. The van der Waals surface area contributed by atoms with Gasteiger partial charge in [-0.3, -0.25) is 4.98 Å². The molecular weight excluding hydrogens is 234 g/mol. The Morgan fingerprint density at radius 3 is 3.00 bits per heavy atom. The van der Waals surface area contributed by atoms with Gasteiger partial charge in [-0.15, -0.1) is 11.3 Å². The fraction of sp³-hybridized carbons (Fsp3) is 0.0833. The molecule has 0 saturated heterocycles. The number of pyridine rings is 1. The minimum atomic E-state index is 0.518. The summed E-state index contributed by atoms with van der Waals surface area (Å²) in [5.41, 5.74) is 0.845. The van der Waals surface area contributed by atoms with Gasteiger partial charge >= 0.3 is 0 Å². The van der Waals surface area contributed by atoms with Gasteiger partial charge in [0.05, 0.1) is 5.56 Å². The van der Waals surface area contributed by atoms with Crippen LogP contribution in [0.4, 0.5) is 0 Å². The Morgan fingerprint density at radius 1 is 1.24 bits per heavy atom. The van der Waals surface area contributed by atoms with E-state index in [1.807, 2.05) is 23.6 Å². The average molecular weight is 243 g/mol. The Bertz CT molecular complexity index is 589. The molecule has 0 aliphatic heterocycles. The maximum atomic E-state index is 5.20. The summed E-state index contributed by atoms with van der Waals surface area (Å²) in [6.07, 6.45) is 4.14. The molecule has 0 amide bonds. The molecule has 0 N–H and O–H groups in total. The molecule has 3 heterocycles. The van der Waals surface area contributed by atoms with Crippen LogP contribution in [-0.2, 0) is 6.42 Å². The Hall–Kier alpha value is -2.01. The SMILES string of the molecule is c1cncc(-c2nc(Cc3cccs3)no2)c1. The van der Waals surface area contributed by atoms with Crippen molar-refractivity contribution in [1.82, 2.24) is 15.1 Å². The minimum absolute atomic E-state index is 0.518. The van der Waals surface area contributed by atoms with Crippen LogP contribution in [-0.4, -0.2) is 15.1 Å². The Balaban J connectivity index is 1.84. The third-order valence-electron chi connectivity index (χ3n) is 2.29. The van der Waals surface area contributed by atoms with Crippen molar-refractivity contribution < 1.29 is 4.52 Å². The molecule has 84 valence electrons. The van der Waals surface area contributed by atoms with Crippen LogP contribution in [0.3, 0.4) is 0 Å². The monoisotopic (exact) mass is 243 g/mol. The van der Waals surface area contributed by atoms with E-state index >= 15 is 0 Å². The van der Waals surface area contributed by atoms with E-state index < -0.39 is 0 Å². The van der Waals surface area contributed by atoms with Crippen molar-refractivity contribution in [3.63, 3.8) is 0 Å². The largest absolute Gasteiger partial charge is 0.334 e. The molecule has 0 aliphatic rings. The highest BCUT2D eigenvalue weighted by Gasteiger charge is 2.09. The van der Waals surface area contributed by atoms with Crippen LogP contribution in [0.2, 0.25) is 0 Å². The molecule has 0 aliphatic carbocycles. The first-order chi connectivity index (χ1) is 8.42. The third kappa shape index (κ3) is 2.24. The summed E-state index contributed by atoms with van der Waals surface area (Å²) < 4.78 is 5.20. The standard InChI is InChI=1S/C12H9N3OS/c1-3-9(8-13-5-1)12-14-11(15-16-12)7-10-4-2-6-17-10/h1-6,8H,7H2. The second kappa shape index (κ2) is 4.47. The molecule has 3 rings (SSSR count). The van der Waals surface area contributed by atoms with E-state index in [0.29, 0.717) is 18.1 Å². The summed E-state index contributed by atoms with van der Waals surface area (Å²) in [6, 6.07) is 7.82. The van der Waals surface area contributed by atoms with Gasteiger partial charge in [-0.25, -0.2) is 0 Å². The van der Waals surface area contributed by atoms with Gasteiger partial charge in [0.2, 0.25) is 0 Å². The maximum Gasteiger partial charge on any atom is 0.259 e. The first-order valence-electron chi connectivity index (χ1n) is 5.17. The minimum Gasteiger partial charge on any atom is -0.334 e. The summed E-state index contributed by atoms with van der Waals surface area (Å²) in [7, 11) is 0. The molecular formula is C12H9N3OS. The molecule has 0 aromatic carbocycles. The zero-order chi connectivity index (χ0) is 11.5. The normalized spacial score (nSPS) is 10.6. The topological polar surface area (TPSA) is 51.8 Å². The number of aromatic nitrogens is 3. The van der Waals surface area contributed by atoms with Crippen molar-refractivity contribution in [3.8, 4) is 11.5 Å². The van der Waals surface area contributed by atoms with Crippen LogP contribution in [0.25, 0.3) is 11.5 Å². The van der Waals surface area contributed by atoms with Crippen molar-refractivity contribution in [2.75, 3.05) is 0 Å². The van der Waals surface area contributed by atoms with Crippen molar-refractivity contribution >= 4 is 11.3 Å². The zero-order valence-electron chi connectivity index (χ0n) is 8.91. The molecule has 0 fully saturated rings. The summed E-state index contributed by atoms with van der Waals surface area (Å²) in [6.45, 7) is 0. The highest BCUT2D eigenvalue weighted by molar-refractivity contribution is 7.09. The molecule has 0 bridgehead atoms. The number of nitrogens with zero attached hydrogens (tertiary/aromatic N) is 3. The lowest BCUT2D eigenvalue weighted by Gasteiger charge is -1.90. The lowest BCUT2D eigenvalue weighted by Crippen LogP contribution is -1.87. The predicted molar refractivity (Wildman–Crippen MR) is 64.7 cm³/mol. The highest BCUT2D eigenvalue weighted by atomic mass is 32.1. The van der Waals surface area contributed by atoms with Crippen LogP contribution in [0, 0.1) is 0 Å². The molecule has 3 aromatic heterocycles. The van der Waals surface area contributed by atoms with Crippen molar-refractivity contribution in [2.45, 2.75) is 6.42 Å². The molecule has 17 heavy (non-hydrogen) atoms. The number of rotatable bonds is 3. The van der Waals surface area contributed by atoms with E-state index in [4.69, 9.17) is 4.52 Å². The van der Waals surface area contributed by atoms with Gasteiger partial charge in [0.15, 0.2) is 5.82 Å². The number of hydrogen-bond acceptors (Lipinski definition) is 5. The van der Waals surface area contributed by atoms with Gasteiger partial charge in [-0.05, 0) is 23.6 Å². The van der Waals surface area contributed by atoms with E-state index in [1.165, 1.54) is 4.88 Å². The smallest absolute Gasteiger partial charge is 0.259 e. The first kappa shape index (κ1) is 10.2. The molecule has 4 nitrogen and oxygen atoms in total. The summed E-state index contributed by atoms with van der Waals surface area (Å²) in [5.74, 6) is 1.22. The highest BCUT2D eigenvalue weighted by Crippen LogP contribution is 2.18. The fourth-order valence-corrected chi connectivity index (χ4v) is 2.20. The second-order valence-electron chi connectivity index (χ2n) is 3.51. The summed E-state index contributed by atoms with van der Waals surface area (Å²) >= 11 is 1.69. The Kier molecular flexibility index (Phi) is 2.67. The van der Waals surface area contributed by atoms with Crippen LogP contribution < -0.4 is 0 Å². The van der Waals surface area contributed by atoms with Crippen molar-refractivity contribution in [1.29, 1.82) is 0 Å². The van der Waals surface area contributed by atoms with Crippen LogP contribution in [0.1, 0.15) is 10.7 Å². The van der Waals surface area contributed by atoms with Gasteiger partial charge < -0.3 is 4.52 Å². The summed E-state index contributed by atoms with van der Waals surface area (Å²) in [5, 5.41) is 6.00. The van der Waals surface area contributed by atoms with E-state index in [1.54, 1.807) is 23.7 Å². The maximum absolute atomic E-state index is 5.20. The van der Waals surface area contributed by atoms with Gasteiger partial charge in [-0.1, -0.05) is 11.2 Å². The molecule has 0 radical (unpaired) electrons. The quantitative estimate of drug-likeness (QED) is 0.709. The summed E-state index contributed by atoms with van der Waals surface area (Å²) in [4.78, 5) is 9.59. The molecule has 0 spiro atoms. The Labute approximate surface area is 102 Å². The third-order valence-corrected chi connectivity index (χ3v) is 3.17. The van der Waals surface area contributed by atoms with E-state index in [0.717, 1.165) is 5.56 Å². The van der Waals surface area contributed by atoms with E-state index in [-0.39, 0.29) is 0 Å². The molecule has 3 aromatic rings. The van der Waals surface area contributed by atoms with Gasteiger partial charge in [0, 0.05) is 23.7 Å². The van der Waals surface area contributed by atoms with Gasteiger partial charge in [0.25, 0.3) is 5.89 Å². The average Bonchev–Trinajstić information content (AvgIpc) is 3.02. The van der Waals surface area contributed by atoms with E-state index in [9.17, 15) is 0 Å². The first-order valence-corrected chi connectivity index (χ1v) is 6.05. The molecule has 0 atom stereocenters. The van der Waals surface area contributed by atoms with E-state index in [2.05, 4.69) is 21.2 Å². The predicted octanol–water partition coefficient (Wildman–Crippen LogP) is 2.78. The number of thiophene rings is 1. The Morgan fingerprint density at radius 2 is 2.24 bits per heavy atom. The van der Waals surface area contributed by atoms with Gasteiger partial charge in [0.1, 0.15) is 0 Å². The second-order valence-corrected chi connectivity index (χ2v) is 4.55. The lowest BCUT2D eigenvalue weighted by molar-refractivity contribution is 0.424. The van der Waals surface area contributed by atoms with Crippen LogP contribution in [0.5, 0.6) is 0 Å². The van der Waals surface area contributed by atoms with Crippen molar-refractivity contribution in [2.24, 2.45) is 0 Å². The van der Waals surface area contributed by atoms with Crippen LogP contribution >= 0.6 is 11.3 Å². The zero-order valence-corrected chi connectivity index (χ0v) is 9.72. The lowest BCUT2D eigenvalue weighted by atomic mass is 10.3. The molecule has 0 unspecified atom stereocenters. The van der Waals surface area contributed by atoms with Gasteiger partial charge in [-0.2, -0.15) is 4.98 Å². The molecule has 5 heteroatoms. The number of hydrogen-bond donors (Lipinski definition) is 0. The van der Waals surface area contributed by atoms with Crippen molar-refractivity contribution in [3.05, 3.63) is 52.7 Å².